The Morgan fingerprint density at radius 2 is 1.96 bits per heavy atom. The van der Waals surface area contributed by atoms with Crippen molar-refractivity contribution in [3.8, 4) is 0 Å². The van der Waals surface area contributed by atoms with Gasteiger partial charge in [0.05, 0.1) is 24.5 Å². The number of aryl methyl sites for hydroxylation is 1. The van der Waals surface area contributed by atoms with Gasteiger partial charge in [-0.3, -0.25) is 4.79 Å². The third-order valence-electron chi connectivity index (χ3n) is 3.90. The number of nitrogens with two attached hydrogens (primary N) is 1. The van der Waals surface area contributed by atoms with Crippen LogP contribution < -0.4 is 11.1 Å². The largest absolute Gasteiger partial charge is 0.469 e. The van der Waals surface area contributed by atoms with Gasteiger partial charge in [0.25, 0.3) is 0 Å². The predicted molar refractivity (Wildman–Crippen MR) is 94.3 cm³/mol. The van der Waals surface area contributed by atoms with E-state index in [1.54, 1.807) is 0 Å². The molecule has 1 unspecified atom stereocenters. The fourth-order valence-corrected chi connectivity index (χ4v) is 2.54. The Labute approximate surface area is 137 Å². The monoisotopic (exact) mass is 312 g/mol. The summed E-state index contributed by atoms with van der Waals surface area (Å²) < 4.78 is 4.66. The van der Waals surface area contributed by atoms with E-state index in [9.17, 15) is 4.79 Å². The topological polar surface area (TPSA) is 64.3 Å². The molecular formula is C19H24N2O2. The van der Waals surface area contributed by atoms with Gasteiger partial charge in [0, 0.05) is 6.42 Å². The summed E-state index contributed by atoms with van der Waals surface area (Å²) in [6, 6.07) is 16.4. The molecule has 4 nitrogen and oxygen atoms in total. The maximum Gasteiger partial charge on any atom is 0.305 e. The van der Waals surface area contributed by atoms with Crippen molar-refractivity contribution in [3.05, 3.63) is 59.7 Å². The minimum atomic E-state index is -0.208. The predicted octanol–water partition coefficient (Wildman–Crippen LogP) is 3.94. The van der Waals surface area contributed by atoms with Crippen LogP contribution in [-0.2, 0) is 16.0 Å². The quantitative estimate of drug-likeness (QED) is 0.600. The molecule has 0 aliphatic carbocycles. The van der Waals surface area contributed by atoms with Gasteiger partial charge in [-0.2, -0.15) is 0 Å². The van der Waals surface area contributed by atoms with Gasteiger partial charge in [0.1, 0.15) is 0 Å². The van der Waals surface area contributed by atoms with Crippen molar-refractivity contribution in [1.82, 2.24) is 0 Å². The highest BCUT2D eigenvalue weighted by Gasteiger charge is 2.11. The first-order chi connectivity index (χ1) is 11.1. The highest BCUT2D eigenvalue weighted by atomic mass is 16.5. The SMILES string of the molecule is CCC(Nc1ccc(CCC(=O)OC)cc1N)c1ccccc1. The van der Waals surface area contributed by atoms with E-state index in [-0.39, 0.29) is 12.0 Å². The molecule has 23 heavy (non-hydrogen) atoms. The zero-order chi connectivity index (χ0) is 16.7. The molecule has 0 fully saturated rings. The molecule has 122 valence electrons. The molecule has 2 aromatic rings. The molecule has 0 amide bonds. The number of esters is 1. The second kappa shape index (κ2) is 8.22. The van der Waals surface area contributed by atoms with E-state index in [1.165, 1.54) is 12.7 Å². The fraction of sp³-hybridized carbons (Fsp3) is 0.316. The maximum atomic E-state index is 11.2. The lowest BCUT2D eigenvalue weighted by molar-refractivity contribution is -0.140. The summed E-state index contributed by atoms with van der Waals surface area (Å²) in [6.45, 7) is 2.14. The molecule has 0 spiro atoms. The number of ether oxygens (including phenoxy) is 1. The van der Waals surface area contributed by atoms with Crippen molar-refractivity contribution in [2.75, 3.05) is 18.2 Å². The number of nitrogens with one attached hydrogen (secondary N) is 1. The number of rotatable bonds is 7. The van der Waals surface area contributed by atoms with Gasteiger partial charge < -0.3 is 15.8 Å². The summed E-state index contributed by atoms with van der Waals surface area (Å²) in [5, 5.41) is 3.50. The normalized spacial score (nSPS) is 11.7. The van der Waals surface area contributed by atoms with Crippen LogP contribution in [0.3, 0.4) is 0 Å². The molecular weight excluding hydrogens is 288 g/mol. The van der Waals surface area contributed by atoms with Crippen molar-refractivity contribution in [2.24, 2.45) is 0 Å². The van der Waals surface area contributed by atoms with Crippen molar-refractivity contribution in [3.63, 3.8) is 0 Å². The summed E-state index contributed by atoms with van der Waals surface area (Å²) >= 11 is 0. The van der Waals surface area contributed by atoms with Crippen molar-refractivity contribution in [2.45, 2.75) is 32.2 Å². The van der Waals surface area contributed by atoms with E-state index in [4.69, 9.17) is 5.73 Å². The number of methoxy groups -OCH3 is 1. The van der Waals surface area contributed by atoms with E-state index in [0.717, 1.165) is 17.7 Å². The van der Waals surface area contributed by atoms with Gasteiger partial charge in [-0.15, -0.1) is 0 Å². The van der Waals surface area contributed by atoms with Gasteiger partial charge in [-0.25, -0.2) is 0 Å². The van der Waals surface area contributed by atoms with Crippen molar-refractivity contribution in [1.29, 1.82) is 0 Å². The lowest BCUT2D eigenvalue weighted by Crippen LogP contribution is -2.11. The lowest BCUT2D eigenvalue weighted by atomic mass is 10.0. The second-order valence-corrected chi connectivity index (χ2v) is 5.51. The van der Waals surface area contributed by atoms with Gasteiger partial charge in [0.2, 0.25) is 0 Å². The molecule has 0 aliphatic rings. The average molecular weight is 312 g/mol. The molecule has 0 saturated heterocycles. The lowest BCUT2D eigenvalue weighted by Gasteiger charge is -2.20. The van der Waals surface area contributed by atoms with Gasteiger partial charge >= 0.3 is 5.97 Å². The molecule has 2 rings (SSSR count). The van der Waals surface area contributed by atoms with Gasteiger partial charge in [-0.1, -0.05) is 43.3 Å². The van der Waals surface area contributed by atoms with E-state index in [2.05, 4.69) is 29.1 Å². The standard InChI is InChI=1S/C19H24N2O2/c1-3-17(15-7-5-4-6-8-15)21-18-11-9-14(13-16(18)20)10-12-19(22)23-2/h4-9,11,13,17,21H,3,10,12,20H2,1-2H3. The second-order valence-electron chi connectivity index (χ2n) is 5.51. The summed E-state index contributed by atoms with van der Waals surface area (Å²) in [6.07, 6.45) is 1.96. The van der Waals surface area contributed by atoms with E-state index < -0.39 is 0 Å². The summed E-state index contributed by atoms with van der Waals surface area (Å²) in [4.78, 5) is 11.2. The van der Waals surface area contributed by atoms with Crippen molar-refractivity contribution >= 4 is 17.3 Å². The van der Waals surface area contributed by atoms with Gasteiger partial charge in [0.15, 0.2) is 0 Å². The minimum Gasteiger partial charge on any atom is -0.469 e. The highest BCUT2D eigenvalue weighted by molar-refractivity contribution is 5.70. The Kier molecular flexibility index (Phi) is 6.03. The number of nitrogen functional groups attached to an aromatic ring is 1. The maximum absolute atomic E-state index is 11.2. The molecule has 0 aromatic heterocycles. The number of hydrogen-bond donors (Lipinski definition) is 2. The molecule has 3 N–H and O–H groups in total. The van der Waals surface area contributed by atoms with Crippen LogP contribution >= 0.6 is 0 Å². The molecule has 0 saturated carbocycles. The Bertz CT molecular complexity index is 641. The first kappa shape index (κ1) is 16.9. The number of hydrogen-bond acceptors (Lipinski definition) is 4. The molecule has 2 aromatic carbocycles. The Morgan fingerprint density at radius 1 is 1.22 bits per heavy atom. The number of benzene rings is 2. The zero-order valence-corrected chi connectivity index (χ0v) is 13.7. The Morgan fingerprint density at radius 3 is 2.57 bits per heavy atom. The van der Waals surface area contributed by atoms with Crippen molar-refractivity contribution < 1.29 is 9.53 Å². The number of carbonyl (C=O) groups is 1. The smallest absolute Gasteiger partial charge is 0.305 e. The molecule has 4 heteroatoms. The first-order valence-corrected chi connectivity index (χ1v) is 7.90. The molecule has 0 heterocycles. The number of anilines is 2. The number of carbonyl (C=O) groups excluding carboxylic acids is 1. The van der Waals surface area contributed by atoms with Gasteiger partial charge in [-0.05, 0) is 36.1 Å². The average Bonchev–Trinajstić information content (AvgIpc) is 2.59. The van der Waals surface area contributed by atoms with Crippen LogP contribution in [-0.4, -0.2) is 13.1 Å². The molecule has 1 atom stereocenters. The molecule has 0 aliphatic heterocycles. The van der Waals surface area contributed by atoms with Crippen LogP contribution in [0.5, 0.6) is 0 Å². The Hall–Kier alpha value is -2.49. The fourth-order valence-electron chi connectivity index (χ4n) is 2.54. The minimum absolute atomic E-state index is 0.208. The molecule has 0 bridgehead atoms. The van der Waals surface area contributed by atoms with Crippen LogP contribution in [0.4, 0.5) is 11.4 Å². The van der Waals surface area contributed by atoms with Crippen LogP contribution in [0.2, 0.25) is 0 Å². The van der Waals surface area contributed by atoms with Crippen LogP contribution in [0.25, 0.3) is 0 Å². The van der Waals surface area contributed by atoms with E-state index in [0.29, 0.717) is 18.5 Å². The van der Waals surface area contributed by atoms with Crippen LogP contribution in [0, 0.1) is 0 Å². The summed E-state index contributed by atoms with van der Waals surface area (Å²) in [7, 11) is 1.40. The summed E-state index contributed by atoms with van der Waals surface area (Å²) in [5.41, 5.74) is 10.1. The zero-order valence-electron chi connectivity index (χ0n) is 13.7. The van der Waals surface area contributed by atoms with E-state index >= 15 is 0 Å². The third-order valence-corrected chi connectivity index (χ3v) is 3.90. The Balaban J connectivity index is 2.06. The third kappa shape index (κ3) is 4.74. The molecule has 0 radical (unpaired) electrons. The van der Waals surface area contributed by atoms with Crippen LogP contribution in [0.1, 0.15) is 36.9 Å². The summed E-state index contributed by atoms with van der Waals surface area (Å²) in [5.74, 6) is -0.208. The van der Waals surface area contributed by atoms with Crippen LogP contribution in [0.15, 0.2) is 48.5 Å². The highest BCUT2D eigenvalue weighted by Crippen LogP contribution is 2.27. The first-order valence-electron chi connectivity index (χ1n) is 7.90. The van der Waals surface area contributed by atoms with E-state index in [1.807, 2.05) is 36.4 Å².